The van der Waals surface area contributed by atoms with Gasteiger partial charge in [-0.2, -0.15) is 0 Å². The topological polar surface area (TPSA) is 28.6 Å². The maximum Gasteiger partial charge on any atom is 0.118 e. The Labute approximate surface area is 211 Å². The fraction of sp³-hybridized carbons (Fsp3) is 0.393. The van der Waals surface area contributed by atoms with Gasteiger partial charge in [-0.05, 0) is 61.5 Å². The van der Waals surface area contributed by atoms with Gasteiger partial charge in [0.15, 0.2) is 0 Å². The van der Waals surface area contributed by atoms with Gasteiger partial charge in [0.2, 0.25) is 0 Å². The van der Waals surface area contributed by atoms with Gasteiger partial charge in [-0.25, -0.2) is 0 Å². The SMILES string of the molecule is CCCc1cc2c(s1)SC=c1cccnc1=C2N1CCN(C)C(CCc2ccc(OC)cc2)C1. The molecule has 2 aliphatic heterocycles. The minimum Gasteiger partial charge on any atom is -0.497 e. The van der Waals surface area contributed by atoms with Crippen molar-refractivity contribution in [2.45, 2.75) is 42.9 Å². The van der Waals surface area contributed by atoms with Crippen LogP contribution < -0.4 is 15.3 Å². The van der Waals surface area contributed by atoms with E-state index in [9.17, 15) is 0 Å². The number of hydrogen-bond acceptors (Lipinski definition) is 6. The molecule has 178 valence electrons. The van der Waals surface area contributed by atoms with E-state index in [0.29, 0.717) is 6.04 Å². The van der Waals surface area contributed by atoms with Crippen LogP contribution in [0.5, 0.6) is 5.75 Å². The zero-order valence-electron chi connectivity index (χ0n) is 20.3. The molecule has 0 aliphatic carbocycles. The number of nitrogens with zero attached hydrogens (tertiary/aromatic N) is 3. The van der Waals surface area contributed by atoms with Crippen molar-refractivity contribution >= 4 is 34.2 Å². The van der Waals surface area contributed by atoms with Crippen LogP contribution in [0, 0.1) is 0 Å². The van der Waals surface area contributed by atoms with E-state index in [0.717, 1.165) is 50.0 Å². The van der Waals surface area contributed by atoms with Gasteiger partial charge in [0.05, 0.1) is 22.4 Å². The molecule has 1 fully saturated rings. The summed E-state index contributed by atoms with van der Waals surface area (Å²) in [5.74, 6) is 0.921. The first kappa shape index (κ1) is 23.5. The molecule has 4 nitrogen and oxygen atoms in total. The molecular weight excluding hydrogens is 458 g/mol. The molecule has 1 aromatic carbocycles. The molecule has 3 aromatic rings. The molecule has 4 heterocycles. The van der Waals surface area contributed by atoms with Gasteiger partial charge < -0.3 is 9.64 Å². The number of pyridine rings is 1. The van der Waals surface area contributed by atoms with Crippen LogP contribution in [0.4, 0.5) is 0 Å². The summed E-state index contributed by atoms with van der Waals surface area (Å²) in [5.41, 5.74) is 4.08. The first-order valence-electron chi connectivity index (χ1n) is 12.2. The van der Waals surface area contributed by atoms with E-state index in [2.05, 4.69) is 71.6 Å². The Morgan fingerprint density at radius 3 is 2.76 bits per heavy atom. The van der Waals surface area contributed by atoms with E-state index in [1.165, 1.54) is 37.5 Å². The van der Waals surface area contributed by atoms with Crippen LogP contribution in [0.25, 0.3) is 11.1 Å². The van der Waals surface area contributed by atoms with Gasteiger partial charge in [0, 0.05) is 47.5 Å². The molecule has 0 amide bonds. The van der Waals surface area contributed by atoms with Crippen LogP contribution >= 0.6 is 23.1 Å². The number of likely N-dealkylation sites (N-methyl/N-ethyl adjacent to an activating group) is 1. The van der Waals surface area contributed by atoms with Crippen molar-refractivity contribution in [3.63, 3.8) is 0 Å². The molecule has 6 heteroatoms. The predicted molar refractivity (Wildman–Crippen MR) is 144 cm³/mol. The minimum atomic E-state index is 0.507. The first-order chi connectivity index (χ1) is 16.7. The Bertz CT molecular complexity index is 1250. The highest BCUT2D eigenvalue weighted by Gasteiger charge is 2.29. The highest BCUT2D eigenvalue weighted by atomic mass is 32.2. The van der Waals surface area contributed by atoms with Gasteiger partial charge in [0.25, 0.3) is 0 Å². The zero-order chi connectivity index (χ0) is 23.5. The number of methoxy groups -OCH3 is 1. The molecule has 0 radical (unpaired) electrons. The standard InChI is InChI=1S/C28H33N3OS2/c1-4-6-24-17-25-27(26-21(7-5-14-29-26)19-33-28(25)34-24)31-16-15-30(2)22(18-31)11-8-20-9-12-23(32-3)13-10-20/h5,7,9-10,12-14,17,19,22H,4,6,8,11,15-16,18H2,1-3H3. The Balaban J connectivity index is 1.44. The summed E-state index contributed by atoms with van der Waals surface area (Å²) in [4.78, 5) is 11.5. The third-order valence-electron chi connectivity index (χ3n) is 6.88. The number of aryl methyl sites for hydroxylation is 2. The second-order valence-electron chi connectivity index (χ2n) is 9.16. The van der Waals surface area contributed by atoms with Crippen molar-refractivity contribution in [2.24, 2.45) is 0 Å². The summed E-state index contributed by atoms with van der Waals surface area (Å²) >= 11 is 3.82. The van der Waals surface area contributed by atoms with Crippen molar-refractivity contribution in [3.05, 3.63) is 75.2 Å². The lowest BCUT2D eigenvalue weighted by atomic mass is 10.0. The van der Waals surface area contributed by atoms with Gasteiger partial charge in [-0.1, -0.05) is 43.3 Å². The third-order valence-corrected chi connectivity index (χ3v) is 9.21. The molecule has 1 saturated heterocycles. The van der Waals surface area contributed by atoms with Crippen LogP contribution in [-0.4, -0.2) is 54.6 Å². The number of ether oxygens (including phenoxy) is 1. The zero-order valence-corrected chi connectivity index (χ0v) is 21.9. The average molecular weight is 492 g/mol. The summed E-state index contributed by atoms with van der Waals surface area (Å²) in [5, 5.41) is 4.65. The number of aromatic nitrogens is 1. The number of thiophene rings is 1. The minimum absolute atomic E-state index is 0.507. The van der Waals surface area contributed by atoms with Crippen molar-refractivity contribution in [2.75, 3.05) is 33.8 Å². The molecular formula is C28H33N3OS2. The van der Waals surface area contributed by atoms with Crippen molar-refractivity contribution in [3.8, 4) is 5.75 Å². The maximum atomic E-state index is 5.32. The quantitative estimate of drug-likeness (QED) is 0.490. The van der Waals surface area contributed by atoms with Crippen LogP contribution in [0.1, 0.15) is 35.8 Å². The van der Waals surface area contributed by atoms with E-state index < -0.39 is 0 Å². The van der Waals surface area contributed by atoms with E-state index in [4.69, 9.17) is 9.72 Å². The Hall–Kier alpha value is -2.28. The Morgan fingerprint density at radius 2 is 1.97 bits per heavy atom. The highest BCUT2D eigenvalue weighted by Crippen LogP contribution is 2.39. The normalized spacial score (nSPS) is 18.1. The lowest BCUT2D eigenvalue weighted by molar-refractivity contribution is 0.127. The third kappa shape index (κ3) is 4.90. The Morgan fingerprint density at radius 1 is 1.12 bits per heavy atom. The molecule has 2 aliphatic rings. The van der Waals surface area contributed by atoms with Crippen LogP contribution in [0.3, 0.4) is 0 Å². The fourth-order valence-electron chi connectivity index (χ4n) is 4.91. The smallest absolute Gasteiger partial charge is 0.118 e. The molecule has 34 heavy (non-hydrogen) atoms. The van der Waals surface area contributed by atoms with Crippen LogP contribution in [0.15, 0.2) is 52.9 Å². The molecule has 1 atom stereocenters. The number of thioether (sulfide) groups is 1. The number of fused-ring (bicyclic) bond motifs is 2. The molecule has 5 rings (SSSR count). The molecule has 0 bridgehead atoms. The monoisotopic (exact) mass is 491 g/mol. The first-order valence-corrected chi connectivity index (χ1v) is 13.9. The molecule has 1 unspecified atom stereocenters. The van der Waals surface area contributed by atoms with E-state index in [1.807, 2.05) is 29.3 Å². The maximum absolute atomic E-state index is 5.32. The Kier molecular flexibility index (Phi) is 7.28. The van der Waals surface area contributed by atoms with Crippen molar-refractivity contribution < 1.29 is 4.74 Å². The molecule has 0 spiro atoms. The highest BCUT2D eigenvalue weighted by molar-refractivity contribution is 8.08. The van der Waals surface area contributed by atoms with E-state index in [-0.39, 0.29) is 0 Å². The molecule has 2 aromatic heterocycles. The summed E-state index contributed by atoms with van der Waals surface area (Å²) in [6, 6.07) is 15.7. The lowest BCUT2D eigenvalue weighted by Crippen LogP contribution is -2.52. The molecule has 0 N–H and O–H groups in total. The second-order valence-corrected chi connectivity index (χ2v) is 11.4. The lowest BCUT2D eigenvalue weighted by Gasteiger charge is -2.41. The number of piperazine rings is 1. The van der Waals surface area contributed by atoms with Gasteiger partial charge in [-0.3, -0.25) is 9.88 Å². The van der Waals surface area contributed by atoms with Gasteiger partial charge in [0.1, 0.15) is 5.75 Å². The fourth-order valence-corrected chi connectivity index (χ4v) is 7.26. The summed E-state index contributed by atoms with van der Waals surface area (Å²) in [6.45, 7) is 5.39. The predicted octanol–water partition coefficient (Wildman–Crippen LogP) is 4.35. The second kappa shape index (κ2) is 10.5. The van der Waals surface area contributed by atoms with Crippen LogP contribution in [0.2, 0.25) is 0 Å². The summed E-state index contributed by atoms with van der Waals surface area (Å²) in [6.07, 6.45) is 6.48. The van der Waals surface area contributed by atoms with Gasteiger partial charge in [-0.15, -0.1) is 11.3 Å². The summed E-state index contributed by atoms with van der Waals surface area (Å²) in [7, 11) is 4.00. The van der Waals surface area contributed by atoms with Crippen molar-refractivity contribution in [1.29, 1.82) is 0 Å². The van der Waals surface area contributed by atoms with Crippen LogP contribution in [-0.2, 0) is 12.8 Å². The van der Waals surface area contributed by atoms with E-state index in [1.54, 1.807) is 7.11 Å². The average Bonchev–Trinajstić information content (AvgIpc) is 3.19. The molecule has 0 saturated carbocycles. The van der Waals surface area contributed by atoms with Gasteiger partial charge >= 0.3 is 0 Å². The summed E-state index contributed by atoms with van der Waals surface area (Å²) < 4.78 is 6.73. The van der Waals surface area contributed by atoms with Crippen molar-refractivity contribution in [1.82, 2.24) is 14.8 Å². The number of hydrogen-bond donors (Lipinski definition) is 0. The number of rotatable bonds is 7. The number of benzene rings is 1. The van der Waals surface area contributed by atoms with E-state index >= 15 is 0 Å². The largest absolute Gasteiger partial charge is 0.497 e.